The van der Waals surface area contributed by atoms with Gasteiger partial charge in [-0.05, 0) is 13.0 Å². The number of para-hydroxylation sites is 1. The molecule has 0 heterocycles. The van der Waals surface area contributed by atoms with Crippen LogP contribution >= 0.6 is 0 Å². The van der Waals surface area contributed by atoms with Crippen LogP contribution in [0.5, 0.6) is 5.75 Å². The molecular formula is C11H16N2O2. The smallest absolute Gasteiger partial charge is 0.234 e. The van der Waals surface area contributed by atoms with E-state index in [0.29, 0.717) is 0 Å². The van der Waals surface area contributed by atoms with Gasteiger partial charge in [-0.15, -0.1) is 0 Å². The molecule has 15 heavy (non-hydrogen) atoms. The number of hydrogen-bond acceptors (Lipinski definition) is 3. The molecule has 1 aromatic carbocycles. The number of nitrogens with one attached hydrogen (secondary N) is 1. The number of benzene rings is 1. The molecule has 0 radical (unpaired) electrons. The van der Waals surface area contributed by atoms with Gasteiger partial charge in [0.15, 0.2) is 0 Å². The van der Waals surface area contributed by atoms with Gasteiger partial charge in [0.25, 0.3) is 0 Å². The molecule has 0 unspecified atom stereocenters. The summed E-state index contributed by atoms with van der Waals surface area (Å²) in [4.78, 5) is 11.1. The van der Waals surface area contributed by atoms with Crippen LogP contribution in [0.3, 0.4) is 0 Å². The second kappa shape index (κ2) is 5.36. The maximum absolute atomic E-state index is 11.1. The van der Waals surface area contributed by atoms with E-state index in [0.717, 1.165) is 11.3 Å². The summed E-state index contributed by atoms with van der Waals surface area (Å²) in [6.07, 6.45) is 0. The van der Waals surface area contributed by atoms with Crippen molar-refractivity contribution in [1.29, 1.82) is 0 Å². The fourth-order valence-electron chi connectivity index (χ4n) is 1.40. The zero-order valence-electron chi connectivity index (χ0n) is 8.99. The van der Waals surface area contributed by atoms with Gasteiger partial charge in [-0.2, -0.15) is 0 Å². The molecule has 0 aromatic heterocycles. The average Bonchev–Trinajstić information content (AvgIpc) is 2.28. The fourth-order valence-corrected chi connectivity index (χ4v) is 1.40. The Morgan fingerprint density at radius 2 is 2.20 bits per heavy atom. The summed E-state index contributed by atoms with van der Waals surface area (Å²) in [5.74, 6) is 0.593. The molecule has 0 fully saturated rings. The lowest BCUT2D eigenvalue weighted by Crippen LogP contribution is -2.32. The van der Waals surface area contributed by atoms with Crippen LogP contribution in [0, 0.1) is 0 Å². The van der Waals surface area contributed by atoms with Gasteiger partial charge >= 0.3 is 0 Å². The highest BCUT2D eigenvalue weighted by molar-refractivity contribution is 5.78. The highest BCUT2D eigenvalue weighted by Crippen LogP contribution is 2.23. The van der Waals surface area contributed by atoms with E-state index >= 15 is 0 Å². The zero-order chi connectivity index (χ0) is 11.3. The van der Waals surface area contributed by atoms with Crippen LogP contribution in [-0.2, 0) is 4.79 Å². The maximum atomic E-state index is 11.1. The average molecular weight is 208 g/mol. The topological polar surface area (TPSA) is 64.3 Å². The Morgan fingerprint density at radius 1 is 1.53 bits per heavy atom. The molecule has 0 aliphatic rings. The second-order valence-corrected chi connectivity index (χ2v) is 3.24. The van der Waals surface area contributed by atoms with Crippen LogP contribution in [0.4, 0.5) is 0 Å². The molecule has 0 saturated heterocycles. The van der Waals surface area contributed by atoms with Gasteiger partial charge in [0, 0.05) is 5.56 Å². The van der Waals surface area contributed by atoms with Crippen LogP contribution in [0.15, 0.2) is 24.3 Å². The van der Waals surface area contributed by atoms with Crippen molar-refractivity contribution in [2.24, 2.45) is 5.73 Å². The standard InChI is InChI=1S/C11H16N2O2/c1-8(13-11(14)7-12)9-5-3-4-6-10(9)15-2/h3-6,8H,7,12H2,1-2H3,(H,13,14)/t8-/m0/s1. The number of amides is 1. The predicted molar refractivity (Wildman–Crippen MR) is 58.6 cm³/mol. The molecule has 1 amide bonds. The molecule has 0 saturated carbocycles. The number of carbonyl (C=O) groups is 1. The molecule has 0 aliphatic heterocycles. The molecule has 1 aromatic rings. The first-order valence-corrected chi connectivity index (χ1v) is 4.81. The molecule has 0 spiro atoms. The molecule has 0 aliphatic carbocycles. The third kappa shape index (κ3) is 2.95. The number of nitrogens with two attached hydrogens (primary N) is 1. The molecule has 1 rings (SSSR count). The van der Waals surface area contributed by atoms with Gasteiger partial charge < -0.3 is 15.8 Å². The first-order valence-electron chi connectivity index (χ1n) is 4.81. The quantitative estimate of drug-likeness (QED) is 0.770. The first kappa shape index (κ1) is 11.5. The van der Waals surface area contributed by atoms with Gasteiger partial charge in [-0.3, -0.25) is 4.79 Å². The fraction of sp³-hybridized carbons (Fsp3) is 0.364. The highest BCUT2D eigenvalue weighted by atomic mass is 16.5. The van der Waals surface area contributed by atoms with Crippen molar-refractivity contribution in [2.45, 2.75) is 13.0 Å². The molecule has 4 nitrogen and oxygen atoms in total. The van der Waals surface area contributed by atoms with Crippen molar-refractivity contribution >= 4 is 5.91 Å². The summed E-state index contributed by atoms with van der Waals surface area (Å²) in [7, 11) is 1.61. The van der Waals surface area contributed by atoms with Crippen LogP contribution in [0.1, 0.15) is 18.5 Å². The number of rotatable bonds is 4. The summed E-state index contributed by atoms with van der Waals surface area (Å²) in [6, 6.07) is 7.47. The Labute approximate surface area is 89.4 Å². The molecule has 4 heteroatoms. The number of ether oxygens (including phenoxy) is 1. The third-order valence-corrected chi connectivity index (χ3v) is 2.17. The molecule has 1 atom stereocenters. The van der Waals surface area contributed by atoms with E-state index in [1.807, 2.05) is 31.2 Å². The Hall–Kier alpha value is -1.55. The van der Waals surface area contributed by atoms with E-state index in [4.69, 9.17) is 10.5 Å². The molecular weight excluding hydrogens is 192 g/mol. The monoisotopic (exact) mass is 208 g/mol. The van der Waals surface area contributed by atoms with Crippen LogP contribution in [-0.4, -0.2) is 19.6 Å². The predicted octanol–water partition coefficient (Wildman–Crippen LogP) is 0.831. The van der Waals surface area contributed by atoms with Crippen molar-refractivity contribution in [2.75, 3.05) is 13.7 Å². The van der Waals surface area contributed by atoms with E-state index in [9.17, 15) is 4.79 Å². The Bertz CT molecular complexity index is 339. The number of carbonyl (C=O) groups excluding carboxylic acids is 1. The van der Waals surface area contributed by atoms with E-state index in [-0.39, 0.29) is 18.5 Å². The third-order valence-electron chi connectivity index (χ3n) is 2.17. The van der Waals surface area contributed by atoms with E-state index in [2.05, 4.69) is 5.32 Å². The van der Waals surface area contributed by atoms with E-state index in [1.165, 1.54) is 0 Å². The highest BCUT2D eigenvalue weighted by Gasteiger charge is 2.12. The Morgan fingerprint density at radius 3 is 2.80 bits per heavy atom. The zero-order valence-corrected chi connectivity index (χ0v) is 8.99. The van der Waals surface area contributed by atoms with Gasteiger partial charge in [0.2, 0.25) is 5.91 Å². The number of hydrogen-bond donors (Lipinski definition) is 2. The SMILES string of the molecule is COc1ccccc1[C@H](C)NC(=O)CN. The van der Waals surface area contributed by atoms with E-state index < -0.39 is 0 Å². The maximum Gasteiger partial charge on any atom is 0.234 e. The van der Waals surface area contributed by atoms with Crippen molar-refractivity contribution in [1.82, 2.24) is 5.32 Å². The molecule has 0 bridgehead atoms. The van der Waals surface area contributed by atoms with Crippen LogP contribution in [0.25, 0.3) is 0 Å². The minimum absolute atomic E-state index is 0.000507. The second-order valence-electron chi connectivity index (χ2n) is 3.24. The minimum atomic E-state index is -0.173. The van der Waals surface area contributed by atoms with Crippen molar-refractivity contribution in [3.05, 3.63) is 29.8 Å². The first-order chi connectivity index (χ1) is 7.19. The lowest BCUT2D eigenvalue weighted by Gasteiger charge is -2.16. The summed E-state index contributed by atoms with van der Waals surface area (Å²) in [5, 5.41) is 2.78. The van der Waals surface area contributed by atoms with Crippen LogP contribution in [0.2, 0.25) is 0 Å². The largest absolute Gasteiger partial charge is 0.496 e. The van der Waals surface area contributed by atoms with Gasteiger partial charge in [-0.1, -0.05) is 18.2 Å². The lowest BCUT2D eigenvalue weighted by molar-refractivity contribution is -0.120. The van der Waals surface area contributed by atoms with Crippen molar-refractivity contribution in [3.63, 3.8) is 0 Å². The van der Waals surface area contributed by atoms with Crippen LogP contribution < -0.4 is 15.8 Å². The number of methoxy groups -OCH3 is 1. The Kier molecular flexibility index (Phi) is 4.12. The molecule has 3 N–H and O–H groups in total. The normalized spacial score (nSPS) is 11.9. The summed E-state index contributed by atoms with van der Waals surface area (Å²) in [6.45, 7) is 1.89. The lowest BCUT2D eigenvalue weighted by atomic mass is 10.1. The summed E-state index contributed by atoms with van der Waals surface area (Å²) >= 11 is 0. The molecule has 82 valence electrons. The van der Waals surface area contributed by atoms with Gasteiger partial charge in [0.1, 0.15) is 5.75 Å². The summed E-state index contributed by atoms with van der Waals surface area (Å²) < 4.78 is 5.20. The van der Waals surface area contributed by atoms with E-state index in [1.54, 1.807) is 7.11 Å². The van der Waals surface area contributed by atoms with Crippen molar-refractivity contribution in [3.8, 4) is 5.75 Å². The van der Waals surface area contributed by atoms with Gasteiger partial charge in [-0.25, -0.2) is 0 Å². The minimum Gasteiger partial charge on any atom is -0.496 e. The van der Waals surface area contributed by atoms with Gasteiger partial charge in [0.05, 0.1) is 19.7 Å². The van der Waals surface area contributed by atoms with Crippen molar-refractivity contribution < 1.29 is 9.53 Å². The summed E-state index contributed by atoms with van der Waals surface area (Å²) in [5.41, 5.74) is 6.17. The Balaban J connectivity index is 2.80.